The van der Waals surface area contributed by atoms with E-state index in [2.05, 4.69) is 0 Å². The third-order valence-corrected chi connectivity index (χ3v) is 1.67. The molecule has 0 fully saturated rings. The number of rotatable bonds is 3. The molecule has 0 spiro atoms. The van der Waals surface area contributed by atoms with Gasteiger partial charge in [-0.3, -0.25) is 0 Å². The molecule has 0 aliphatic carbocycles. The minimum atomic E-state index is -0.638. The molecule has 0 aromatic heterocycles. The van der Waals surface area contributed by atoms with E-state index in [4.69, 9.17) is 19.7 Å². The lowest BCUT2D eigenvalue weighted by Gasteiger charge is -2.02. The van der Waals surface area contributed by atoms with Gasteiger partial charge in [0, 0.05) is 13.2 Å². The Balaban J connectivity index is 1.97. The summed E-state index contributed by atoms with van der Waals surface area (Å²) in [5, 5.41) is 0. The second-order valence-corrected chi connectivity index (χ2v) is 2.63. The summed E-state index contributed by atoms with van der Waals surface area (Å²) in [5.41, 5.74) is 5.28. The average molecular weight is 179 g/mol. The summed E-state index contributed by atoms with van der Waals surface area (Å²) in [6.45, 7) is 0.887. The minimum Gasteiger partial charge on any atom is -0.498 e. The molecule has 5 heteroatoms. The number of fused-ring (bicyclic) bond motifs is 1. The van der Waals surface area contributed by atoms with E-state index >= 15 is 0 Å². The maximum absolute atomic E-state index is 5.31. The predicted octanol–water partition coefficient (Wildman–Crippen LogP) is 0.418. The molecule has 0 bridgehead atoms. The first-order valence-corrected chi connectivity index (χ1v) is 4.14. The van der Waals surface area contributed by atoms with Crippen LogP contribution >= 0.6 is 0 Å². The fraction of sp³-hybridized carbons (Fsp3) is 0.250. The fourth-order valence-corrected chi connectivity index (χ4v) is 1.11. The van der Waals surface area contributed by atoms with Gasteiger partial charge in [-0.2, -0.15) is 0 Å². The number of hydrogen-bond donors (Lipinski definition) is 1. The molecule has 0 saturated heterocycles. The zero-order chi connectivity index (χ0) is 9.10. The van der Waals surface area contributed by atoms with Gasteiger partial charge in [-0.1, -0.05) is 12.1 Å². The smallest absolute Gasteiger partial charge is 0.498 e. The van der Waals surface area contributed by atoms with Gasteiger partial charge >= 0.3 is 7.32 Å². The molecule has 1 aliphatic rings. The summed E-state index contributed by atoms with van der Waals surface area (Å²) in [5.74, 6) is 1.43. The Bertz CT molecular complexity index is 269. The van der Waals surface area contributed by atoms with Gasteiger partial charge < -0.3 is 19.7 Å². The first kappa shape index (κ1) is 8.41. The second-order valence-electron chi connectivity index (χ2n) is 2.63. The van der Waals surface area contributed by atoms with E-state index in [1.54, 1.807) is 0 Å². The van der Waals surface area contributed by atoms with Crippen LogP contribution in [0, 0.1) is 0 Å². The highest BCUT2D eigenvalue weighted by molar-refractivity contribution is 6.40. The van der Waals surface area contributed by atoms with E-state index in [0.717, 1.165) is 0 Å². The number of hydrogen-bond acceptors (Lipinski definition) is 4. The van der Waals surface area contributed by atoms with Crippen LogP contribution in [-0.4, -0.2) is 20.5 Å². The van der Waals surface area contributed by atoms with Crippen LogP contribution in [0.1, 0.15) is 0 Å². The van der Waals surface area contributed by atoms with E-state index in [1.807, 2.05) is 24.3 Å². The second kappa shape index (κ2) is 3.68. The predicted molar refractivity (Wildman–Crippen MR) is 48.5 cm³/mol. The molecule has 1 aromatic rings. The lowest BCUT2D eigenvalue weighted by molar-refractivity contribution is 0.229. The number of nitrogens with two attached hydrogens (primary N) is 1. The maximum Gasteiger partial charge on any atom is 0.788 e. The molecule has 13 heavy (non-hydrogen) atoms. The highest BCUT2D eigenvalue weighted by atomic mass is 16.8. The van der Waals surface area contributed by atoms with Crippen molar-refractivity contribution in [1.29, 1.82) is 0 Å². The van der Waals surface area contributed by atoms with Gasteiger partial charge in [0.15, 0.2) is 0 Å². The third kappa shape index (κ3) is 1.76. The van der Waals surface area contributed by atoms with Gasteiger partial charge in [-0.25, -0.2) is 0 Å². The molecule has 1 aromatic carbocycles. The molecule has 68 valence electrons. The van der Waals surface area contributed by atoms with Crippen LogP contribution in [0.25, 0.3) is 0 Å². The monoisotopic (exact) mass is 179 g/mol. The van der Waals surface area contributed by atoms with Crippen molar-refractivity contribution in [2.75, 3.05) is 13.2 Å². The van der Waals surface area contributed by atoms with Gasteiger partial charge in [0.2, 0.25) is 0 Å². The van der Waals surface area contributed by atoms with Crippen molar-refractivity contribution < 1.29 is 14.0 Å². The van der Waals surface area contributed by atoms with Crippen LogP contribution in [-0.2, 0) is 4.65 Å². The lowest BCUT2D eigenvalue weighted by atomic mass is 10.2. The highest BCUT2D eigenvalue weighted by Crippen LogP contribution is 2.32. The fourth-order valence-electron chi connectivity index (χ4n) is 1.11. The van der Waals surface area contributed by atoms with E-state index in [9.17, 15) is 0 Å². The molecule has 2 N–H and O–H groups in total. The van der Waals surface area contributed by atoms with Gasteiger partial charge in [0.25, 0.3) is 0 Å². The summed E-state index contributed by atoms with van der Waals surface area (Å²) >= 11 is 0. The molecule has 0 radical (unpaired) electrons. The van der Waals surface area contributed by atoms with Crippen LogP contribution in [0.5, 0.6) is 11.5 Å². The molecule has 0 unspecified atom stereocenters. The quantitative estimate of drug-likeness (QED) is 0.683. The van der Waals surface area contributed by atoms with Crippen molar-refractivity contribution in [3.8, 4) is 11.5 Å². The van der Waals surface area contributed by atoms with E-state index in [-0.39, 0.29) is 0 Å². The molecule has 1 heterocycles. The zero-order valence-corrected chi connectivity index (χ0v) is 7.10. The minimum absolute atomic E-state index is 0.429. The summed E-state index contributed by atoms with van der Waals surface area (Å²) in [6.07, 6.45) is 0. The molecular weight excluding hydrogens is 169 g/mol. The Morgan fingerprint density at radius 3 is 2.38 bits per heavy atom. The average Bonchev–Trinajstić information content (AvgIpc) is 2.57. The molecular formula is C8H10BNO3. The van der Waals surface area contributed by atoms with E-state index < -0.39 is 7.32 Å². The summed E-state index contributed by atoms with van der Waals surface area (Å²) in [4.78, 5) is 0. The topological polar surface area (TPSA) is 53.7 Å². The van der Waals surface area contributed by atoms with Crippen molar-refractivity contribution in [3.63, 3.8) is 0 Å². The highest BCUT2D eigenvalue weighted by Gasteiger charge is 2.34. The molecule has 0 amide bonds. The Hall–Kier alpha value is -1.20. The van der Waals surface area contributed by atoms with Crippen LogP contribution in [0.2, 0.25) is 0 Å². The van der Waals surface area contributed by atoms with E-state index in [0.29, 0.717) is 24.7 Å². The van der Waals surface area contributed by atoms with Gasteiger partial charge in [-0.05, 0) is 12.1 Å². The molecule has 4 nitrogen and oxygen atoms in total. The largest absolute Gasteiger partial charge is 0.788 e. The molecule has 0 atom stereocenters. The van der Waals surface area contributed by atoms with Crippen molar-refractivity contribution >= 4 is 7.32 Å². The summed E-state index contributed by atoms with van der Waals surface area (Å²) in [6, 6.07) is 7.43. The van der Waals surface area contributed by atoms with Crippen molar-refractivity contribution in [1.82, 2.24) is 0 Å². The molecule has 2 rings (SSSR count). The van der Waals surface area contributed by atoms with Crippen LogP contribution in [0.15, 0.2) is 24.3 Å². The Morgan fingerprint density at radius 1 is 1.23 bits per heavy atom. The Labute approximate surface area is 76.8 Å². The van der Waals surface area contributed by atoms with Crippen LogP contribution in [0.4, 0.5) is 0 Å². The zero-order valence-electron chi connectivity index (χ0n) is 7.10. The first-order chi connectivity index (χ1) is 6.40. The Morgan fingerprint density at radius 2 is 1.85 bits per heavy atom. The number of para-hydroxylation sites is 2. The lowest BCUT2D eigenvalue weighted by Crippen LogP contribution is -2.31. The standard InChI is InChI=1S/C8H10BNO3/c10-5-6-11-9-12-7-3-1-2-4-8(7)13-9/h1-4H,5-6,10H2. The van der Waals surface area contributed by atoms with E-state index in [1.165, 1.54) is 0 Å². The molecule has 1 aliphatic heterocycles. The van der Waals surface area contributed by atoms with Crippen LogP contribution < -0.4 is 15.0 Å². The van der Waals surface area contributed by atoms with Gasteiger partial charge in [-0.15, -0.1) is 0 Å². The van der Waals surface area contributed by atoms with Gasteiger partial charge in [0.1, 0.15) is 11.5 Å². The van der Waals surface area contributed by atoms with Crippen molar-refractivity contribution in [2.24, 2.45) is 5.73 Å². The third-order valence-electron chi connectivity index (χ3n) is 1.67. The SMILES string of the molecule is NCCOB1Oc2ccccc2O1. The molecule has 0 saturated carbocycles. The van der Waals surface area contributed by atoms with Crippen molar-refractivity contribution in [2.45, 2.75) is 0 Å². The van der Waals surface area contributed by atoms with Gasteiger partial charge in [0.05, 0.1) is 0 Å². The summed E-state index contributed by atoms with van der Waals surface area (Å²) < 4.78 is 15.8. The normalized spacial score (nSPS) is 13.5. The maximum atomic E-state index is 5.31. The number of benzene rings is 1. The first-order valence-electron chi connectivity index (χ1n) is 4.14. The summed E-state index contributed by atoms with van der Waals surface area (Å²) in [7, 11) is -0.638. The Kier molecular flexibility index (Phi) is 2.38. The van der Waals surface area contributed by atoms with Crippen LogP contribution in [0.3, 0.4) is 0 Å². The van der Waals surface area contributed by atoms with Crippen molar-refractivity contribution in [3.05, 3.63) is 24.3 Å².